The number of hydrogen-bond acceptors (Lipinski definition) is 4. The van der Waals surface area contributed by atoms with Gasteiger partial charge in [-0.3, -0.25) is 0 Å². The average molecular weight is 285 g/mol. The Hall–Kier alpha value is -1.34. The van der Waals surface area contributed by atoms with Gasteiger partial charge in [0.25, 0.3) is 0 Å². The Morgan fingerprint density at radius 3 is 2.65 bits per heavy atom. The summed E-state index contributed by atoms with van der Waals surface area (Å²) >= 11 is 0. The summed E-state index contributed by atoms with van der Waals surface area (Å²) in [6.07, 6.45) is 1.54. The fourth-order valence-electron chi connectivity index (χ4n) is 3.08. The van der Waals surface area contributed by atoms with Gasteiger partial charge in [-0.15, -0.1) is 0 Å². The van der Waals surface area contributed by atoms with E-state index in [4.69, 9.17) is 5.11 Å². The molecule has 0 bridgehead atoms. The number of β-amino-alcohol motifs (C(OH)–C–C–N with tert-alkyl or cyclic N) is 1. The van der Waals surface area contributed by atoms with Gasteiger partial charge in [-0.05, 0) is 26.4 Å². The first-order chi connectivity index (χ1) is 9.40. The third-order valence-electron chi connectivity index (χ3n) is 4.29. The van der Waals surface area contributed by atoms with Crippen LogP contribution in [0.25, 0.3) is 0 Å². The zero-order valence-corrected chi connectivity index (χ0v) is 12.0. The third kappa shape index (κ3) is 3.04. The number of carbonyl (C=O) groups is 2. The zero-order chi connectivity index (χ0) is 14.9. The molecule has 0 aromatic carbocycles. The maximum atomic E-state index is 12.4. The number of hydrogen-bond donors (Lipinski definition) is 2. The first kappa shape index (κ1) is 15.1. The predicted octanol–water partition coefficient (Wildman–Crippen LogP) is -0.348. The molecule has 7 nitrogen and oxygen atoms in total. The van der Waals surface area contributed by atoms with Crippen LogP contribution >= 0.6 is 0 Å². The Kier molecular flexibility index (Phi) is 4.49. The van der Waals surface area contributed by atoms with Crippen LogP contribution in [0, 0.1) is 0 Å². The summed E-state index contributed by atoms with van der Waals surface area (Å²) in [5.41, 5.74) is 0. The van der Waals surface area contributed by atoms with Crippen LogP contribution in [0.3, 0.4) is 0 Å². The molecule has 0 radical (unpaired) electrons. The first-order valence-corrected chi connectivity index (χ1v) is 7.03. The summed E-state index contributed by atoms with van der Waals surface area (Å²) in [7, 11) is 3.73. The highest BCUT2D eigenvalue weighted by atomic mass is 16.4. The topological polar surface area (TPSA) is 84.3 Å². The molecule has 2 aliphatic rings. The molecule has 2 heterocycles. The van der Waals surface area contributed by atoms with Crippen LogP contribution in [0.2, 0.25) is 0 Å². The highest BCUT2D eigenvalue weighted by Gasteiger charge is 2.40. The molecule has 0 aromatic heterocycles. The predicted molar refractivity (Wildman–Crippen MR) is 72.4 cm³/mol. The SMILES string of the molecule is CN(CC1CCCN1C)C(=O)N1C[C@@H](O)C[C@H]1C(=O)O. The Labute approximate surface area is 118 Å². The van der Waals surface area contributed by atoms with E-state index in [0.29, 0.717) is 12.6 Å². The Morgan fingerprint density at radius 2 is 2.10 bits per heavy atom. The van der Waals surface area contributed by atoms with Crippen LogP contribution in [-0.2, 0) is 4.79 Å². The van der Waals surface area contributed by atoms with Gasteiger partial charge < -0.3 is 24.9 Å². The highest BCUT2D eigenvalue weighted by molar-refractivity contribution is 5.83. The maximum Gasteiger partial charge on any atom is 0.326 e. The molecule has 0 saturated carbocycles. The van der Waals surface area contributed by atoms with Crippen molar-refractivity contribution >= 4 is 12.0 Å². The second kappa shape index (κ2) is 5.97. The van der Waals surface area contributed by atoms with Crippen LogP contribution in [0.5, 0.6) is 0 Å². The van der Waals surface area contributed by atoms with Crippen molar-refractivity contribution in [1.29, 1.82) is 0 Å². The lowest BCUT2D eigenvalue weighted by Crippen LogP contribution is -2.49. The van der Waals surface area contributed by atoms with Gasteiger partial charge in [0.2, 0.25) is 0 Å². The van der Waals surface area contributed by atoms with Gasteiger partial charge >= 0.3 is 12.0 Å². The number of rotatable bonds is 3. The molecule has 2 fully saturated rings. The number of aliphatic hydroxyl groups excluding tert-OH is 1. The minimum Gasteiger partial charge on any atom is -0.480 e. The van der Waals surface area contributed by atoms with Crippen molar-refractivity contribution < 1.29 is 19.8 Å². The lowest BCUT2D eigenvalue weighted by atomic mass is 10.2. The Balaban J connectivity index is 1.97. The number of carbonyl (C=O) groups excluding carboxylic acids is 1. The largest absolute Gasteiger partial charge is 0.480 e. The summed E-state index contributed by atoms with van der Waals surface area (Å²) in [6, 6.07) is -0.893. The van der Waals surface area contributed by atoms with E-state index in [-0.39, 0.29) is 19.0 Å². The summed E-state index contributed by atoms with van der Waals surface area (Å²) in [5.74, 6) is -1.05. The van der Waals surface area contributed by atoms with E-state index in [1.165, 1.54) is 4.90 Å². The summed E-state index contributed by atoms with van der Waals surface area (Å²) in [6.45, 7) is 1.72. The van der Waals surface area contributed by atoms with Crippen molar-refractivity contribution in [3.8, 4) is 0 Å². The molecule has 0 aromatic rings. The molecule has 2 saturated heterocycles. The van der Waals surface area contributed by atoms with Crippen molar-refractivity contribution in [3.05, 3.63) is 0 Å². The number of carboxylic acid groups (broad SMARTS) is 1. The van der Waals surface area contributed by atoms with Crippen molar-refractivity contribution in [2.24, 2.45) is 0 Å². The molecular formula is C13H23N3O4. The number of nitrogens with zero attached hydrogens (tertiary/aromatic N) is 3. The molecule has 7 heteroatoms. The minimum atomic E-state index is -1.05. The second-order valence-electron chi connectivity index (χ2n) is 5.84. The van der Waals surface area contributed by atoms with Crippen LogP contribution in [0.4, 0.5) is 4.79 Å². The summed E-state index contributed by atoms with van der Waals surface area (Å²) < 4.78 is 0. The van der Waals surface area contributed by atoms with Gasteiger partial charge in [0.15, 0.2) is 0 Å². The number of likely N-dealkylation sites (N-methyl/N-ethyl adjacent to an activating group) is 2. The van der Waals surface area contributed by atoms with Crippen molar-refractivity contribution in [2.75, 3.05) is 33.7 Å². The van der Waals surface area contributed by atoms with E-state index >= 15 is 0 Å². The molecule has 20 heavy (non-hydrogen) atoms. The number of urea groups is 1. The van der Waals surface area contributed by atoms with Crippen LogP contribution in [0.1, 0.15) is 19.3 Å². The van der Waals surface area contributed by atoms with Crippen LogP contribution in [0.15, 0.2) is 0 Å². The van der Waals surface area contributed by atoms with E-state index in [9.17, 15) is 14.7 Å². The lowest BCUT2D eigenvalue weighted by Gasteiger charge is -2.30. The molecule has 3 atom stereocenters. The fraction of sp³-hybridized carbons (Fsp3) is 0.846. The van der Waals surface area contributed by atoms with Gasteiger partial charge in [-0.1, -0.05) is 0 Å². The molecule has 2 amide bonds. The summed E-state index contributed by atoms with van der Waals surface area (Å²) in [4.78, 5) is 28.6. The second-order valence-corrected chi connectivity index (χ2v) is 5.84. The monoisotopic (exact) mass is 285 g/mol. The quantitative estimate of drug-likeness (QED) is 0.740. The molecule has 114 valence electrons. The zero-order valence-electron chi connectivity index (χ0n) is 12.0. The number of aliphatic carboxylic acids is 1. The first-order valence-electron chi connectivity index (χ1n) is 7.03. The number of amides is 2. The van der Waals surface area contributed by atoms with E-state index in [2.05, 4.69) is 4.90 Å². The standard InChI is InChI=1S/C13H23N3O4/c1-14-5-3-4-9(14)7-15(2)13(20)16-8-10(17)6-11(16)12(18)19/h9-11,17H,3-8H2,1-2H3,(H,18,19)/t9?,10-,11-/m0/s1. The van der Waals surface area contributed by atoms with Gasteiger partial charge in [0.1, 0.15) is 6.04 Å². The van der Waals surface area contributed by atoms with Gasteiger partial charge in [-0.25, -0.2) is 9.59 Å². The van der Waals surface area contributed by atoms with E-state index < -0.39 is 18.1 Å². The molecule has 2 aliphatic heterocycles. The number of likely N-dealkylation sites (tertiary alicyclic amines) is 2. The molecule has 1 unspecified atom stereocenters. The smallest absolute Gasteiger partial charge is 0.326 e. The average Bonchev–Trinajstić information content (AvgIpc) is 2.95. The van der Waals surface area contributed by atoms with Gasteiger partial charge in [0.05, 0.1) is 6.10 Å². The third-order valence-corrected chi connectivity index (χ3v) is 4.29. The van der Waals surface area contributed by atoms with Gasteiger partial charge in [0, 0.05) is 32.6 Å². The van der Waals surface area contributed by atoms with Crippen LogP contribution in [-0.4, -0.2) is 88.8 Å². The van der Waals surface area contributed by atoms with Crippen molar-refractivity contribution in [3.63, 3.8) is 0 Å². The molecule has 2 rings (SSSR count). The van der Waals surface area contributed by atoms with E-state index in [1.807, 2.05) is 7.05 Å². The van der Waals surface area contributed by atoms with Crippen molar-refractivity contribution in [2.45, 2.75) is 37.5 Å². The molecular weight excluding hydrogens is 262 g/mol. The fourth-order valence-corrected chi connectivity index (χ4v) is 3.08. The Bertz CT molecular complexity index is 390. The van der Waals surface area contributed by atoms with Gasteiger partial charge in [-0.2, -0.15) is 0 Å². The van der Waals surface area contributed by atoms with Crippen LogP contribution < -0.4 is 0 Å². The highest BCUT2D eigenvalue weighted by Crippen LogP contribution is 2.21. The molecule has 2 N–H and O–H groups in total. The number of aliphatic hydroxyl groups is 1. The van der Waals surface area contributed by atoms with E-state index in [0.717, 1.165) is 19.4 Å². The summed E-state index contributed by atoms with van der Waals surface area (Å²) in [5, 5.41) is 18.7. The lowest BCUT2D eigenvalue weighted by molar-refractivity contribution is -0.141. The minimum absolute atomic E-state index is 0.0979. The molecule has 0 aliphatic carbocycles. The maximum absolute atomic E-state index is 12.4. The van der Waals surface area contributed by atoms with E-state index in [1.54, 1.807) is 11.9 Å². The molecule has 0 spiro atoms. The van der Waals surface area contributed by atoms with Crippen molar-refractivity contribution in [1.82, 2.24) is 14.7 Å². The normalized spacial score (nSPS) is 30.8. The Morgan fingerprint density at radius 1 is 1.40 bits per heavy atom. The number of carboxylic acids is 1.